The van der Waals surface area contributed by atoms with Gasteiger partial charge in [-0.3, -0.25) is 0 Å². The number of ether oxygens (including phenoxy) is 1. The molecule has 5 heteroatoms. The Hall–Kier alpha value is -1.13. The third-order valence-corrected chi connectivity index (χ3v) is 3.56. The van der Waals surface area contributed by atoms with E-state index in [-0.39, 0.29) is 5.82 Å². The van der Waals surface area contributed by atoms with Crippen LogP contribution in [0.25, 0.3) is 11.0 Å². The lowest BCUT2D eigenvalue weighted by Gasteiger charge is -2.14. The number of aryl methyl sites for hydroxylation is 2. The molecule has 3 nitrogen and oxygen atoms in total. The number of aromatic nitrogens is 2. The van der Waals surface area contributed by atoms with E-state index in [1.54, 1.807) is 14.0 Å². The summed E-state index contributed by atoms with van der Waals surface area (Å²) in [6.07, 6.45) is 0.677. The van der Waals surface area contributed by atoms with Gasteiger partial charge >= 0.3 is 0 Å². The van der Waals surface area contributed by atoms with Crippen LogP contribution in [-0.4, -0.2) is 29.1 Å². The SMILES string of the molecule is COCC(C)Cn1c(CCCl)nc2cc(F)c(C)cc21. The first-order chi connectivity index (χ1) is 9.56. The normalized spacial score (nSPS) is 13.1. The van der Waals surface area contributed by atoms with Crippen LogP contribution in [-0.2, 0) is 17.7 Å². The molecule has 0 saturated carbocycles. The van der Waals surface area contributed by atoms with Gasteiger partial charge in [0.2, 0.25) is 0 Å². The number of fused-ring (bicyclic) bond motifs is 1. The molecule has 1 unspecified atom stereocenters. The van der Waals surface area contributed by atoms with Crippen molar-refractivity contribution in [3.05, 3.63) is 29.3 Å². The maximum atomic E-state index is 13.7. The summed E-state index contributed by atoms with van der Waals surface area (Å²) < 4.78 is 21.0. The van der Waals surface area contributed by atoms with Gasteiger partial charge in [0.15, 0.2) is 0 Å². The molecule has 0 saturated heterocycles. The van der Waals surface area contributed by atoms with E-state index >= 15 is 0 Å². The maximum absolute atomic E-state index is 13.7. The highest BCUT2D eigenvalue weighted by Gasteiger charge is 2.14. The number of hydrogen-bond acceptors (Lipinski definition) is 2. The lowest BCUT2D eigenvalue weighted by molar-refractivity contribution is 0.151. The van der Waals surface area contributed by atoms with E-state index in [2.05, 4.69) is 16.5 Å². The zero-order valence-electron chi connectivity index (χ0n) is 12.1. The number of methoxy groups -OCH3 is 1. The van der Waals surface area contributed by atoms with Crippen molar-refractivity contribution in [3.63, 3.8) is 0 Å². The highest BCUT2D eigenvalue weighted by molar-refractivity contribution is 6.17. The lowest BCUT2D eigenvalue weighted by Crippen LogP contribution is -2.15. The predicted molar refractivity (Wildman–Crippen MR) is 79.9 cm³/mol. The summed E-state index contributed by atoms with van der Waals surface area (Å²) in [6, 6.07) is 3.36. The van der Waals surface area contributed by atoms with Crippen LogP contribution in [0, 0.1) is 18.7 Å². The number of alkyl halides is 1. The van der Waals surface area contributed by atoms with Gasteiger partial charge < -0.3 is 9.30 Å². The Labute approximate surface area is 123 Å². The zero-order valence-corrected chi connectivity index (χ0v) is 12.9. The van der Waals surface area contributed by atoms with Gasteiger partial charge in [0, 0.05) is 32.0 Å². The van der Waals surface area contributed by atoms with E-state index in [0.29, 0.717) is 35.9 Å². The Morgan fingerprint density at radius 3 is 2.85 bits per heavy atom. The number of benzene rings is 1. The monoisotopic (exact) mass is 298 g/mol. The third-order valence-electron chi connectivity index (χ3n) is 3.37. The highest BCUT2D eigenvalue weighted by atomic mass is 35.5. The molecule has 0 amide bonds. The maximum Gasteiger partial charge on any atom is 0.128 e. The van der Waals surface area contributed by atoms with Crippen LogP contribution in [0.1, 0.15) is 18.3 Å². The molecule has 0 radical (unpaired) electrons. The molecule has 2 rings (SSSR count). The zero-order chi connectivity index (χ0) is 14.7. The molecule has 1 aromatic heterocycles. The van der Waals surface area contributed by atoms with Crippen LogP contribution in [0.5, 0.6) is 0 Å². The molecular formula is C15H20ClFN2O. The third kappa shape index (κ3) is 3.13. The van der Waals surface area contributed by atoms with Crippen molar-refractivity contribution in [1.82, 2.24) is 9.55 Å². The molecule has 0 spiro atoms. The summed E-state index contributed by atoms with van der Waals surface area (Å²) in [5.74, 6) is 1.55. The Kier molecular flexibility index (Phi) is 5.00. The number of nitrogens with zero attached hydrogens (tertiary/aromatic N) is 2. The molecule has 1 atom stereocenters. The minimum absolute atomic E-state index is 0.218. The summed E-state index contributed by atoms with van der Waals surface area (Å²) in [6.45, 7) is 5.36. The fraction of sp³-hybridized carbons (Fsp3) is 0.533. The Balaban J connectivity index is 2.47. The minimum atomic E-state index is -0.218. The van der Waals surface area contributed by atoms with Crippen molar-refractivity contribution in [2.75, 3.05) is 19.6 Å². The standard InChI is InChI=1S/C15H20ClFN2O/c1-10(9-20-3)8-19-14-6-11(2)12(17)7-13(14)18-15(19)4-5-16/h6-7,10H,4-5,8-9H2,1-3H3. The van der Waals surface area contributed by atoms with Gasteiger partial charge in [-0.25, -0.2) is 9.37 Å². The van der Waals surface area contributed by atoms with Gasteiger partial charge in [0.05, 0.1) is 17.6 Å². The Morgan fingerprint density at radius 1 is 1.45 bits per heavy atom. The van der Waals surface area contributed by atoms with Crippen molar-refractivity contribution < 1.29 is 9.13 Å². The fourth-order valence-corrected chi connectivity index (χ4v) is 2.60. The molecule has 0 aliphatic heterocycles. The van der Waals surface area contributed by atoms with E-state index in [1.807, 2.05) is 6.07 Å². The number of rotatable bonds is 6. The van der Waals surface area contributed by atoms with Crippen LogP contribution in [0.4, 0.5) is 4.39 Å². The van der Waals surface area contributed by atoms with Crippen molar-refractivity contribution in [3.8, 4) is 0 Å². The van der Waals surface area contributed by atoms with Gasteiger partial charge in [-0.15, -0.1) is 11.6 Å². The number of imidazole rings is 1. The van der Waals surface area contributed by atoms with Gasteiger partial charge in [0.1, 0.15) is 11.6 Å². The quantitative estimate of drug-likeness (QED) is 0.763. The van der Waals surface area contributed by atoms with Gasteiger partial charge in [-0.05, 0) is 24.5 Å². The summed E-state index contributed by atoms with van der Waals surface area (Å²) in [7, 11) is 1.70. The Bertz CT molecular complexity index is 597. The molecule has 0 aliphatic carbocycles. The van der Waals surface area contributed by atoms with Gasteiger partial charge in [0.25, 0.3) is 0 Å². The van der Waals surface area contributed by atoms with Crippen LogP contribution in [0.15, 0.2) is 12.1 Å². The average molecular weight is 299 g/mol. The van der Waals surface area contributed by atoms with E-state index in [9.17, 15) is 4.39 Å². The molecular weight excluding hydrogens is 279 g/mol. The van der Waals surface area contributed by atoms with Crippen LogP contribution >= 0.6 is 11.6 Å². The lowest BCUT2D eigenvalue weighted by atomic mass is 10.1. The number of halogens is 2. The summed E-state index contributed by atoms with van der Waals surface area (Å²) in [5.41, 5.74) is 2.29. The molecule has 0 aliphatic rings. The fourth-order valence-electron chi connectivity index (χ4n) is 2.43. The molecule has 20 heavy (non-hydrogen) atoms. The van der Waals surface area contributed by atoms with E-state index in [4.69, 9.17) is 16.3 Å². The molecule has 1 aromatic carbocycles. The largest absolute Gasteiger partial charge is 0.384 e. The first-order valence-corrected chi connectivity index (χ1v) is 7.30. The minimum Gasteiger partial charge on any atom is -0.384 e. The smallest absolute Gasteiger partial charge is 0.128 e. The van der Waals surface area contributed by atoms with Crippen LogP contribution < -0.4 is 0 Å². The topological polar surface area (TPSA) is 27.1 Å². The highest BCUT2D eigenvalue weighted by Crippen LogP contribution is 2.22. The van der Waals surface area contributed by atoms with Crippen molar-refractivity contribution in [1.29, 1.82) is 0 Å². The van der Waals surface area contributed by atoms with Crippen LogP contribution in [0.3, 0.4) is 0 Å². The second-order valence-corrected chi connectivity index (χ2v) is 5.61. The van der Waals surface area contributed by atoms with Crippen molar-refractivity contribution in [2.45, 2.75) is 26.8 Å². The molecule has 2 aromatic rings. The summed E-state index contributed by atoms with van der Waals surface area (Å²) >= 11 is 5.84. The predicted octanol–water partition coefficient (Wildman–Crippen LogP) is 3.55. The second-order valence-electron chi connectivity index (χ2n) is 5.23. The second kappa shape index (κ2) is 6.55. The van der Waals surface area contributed by atoms with E-state index in [0.717, 1.165) is 17.9 Å². The summed E-state index contributed by atoms with van der Waals surface area (Å²) in [5, 5.41) is 0. The van der Waals surface area contributed by atoms with Crippen molar-refractivity contribution >= 4 is 22.6 Å². The first-order valence-electron chi connectivity index (χ1n) is 6.77. The van der Waals surface area contributed by atoms with E-state index < -0.39 is 0 Å². The molecule has 0 N–H and O–H groups in total. The first kappa shape index (κ1) is 15.3. The Morgan fingerprint density at radius 2 is 2.20 bits per heavy atom. The van der Waals surface area contributed by atoms with Crippen LogP contribution in [0.2, 0.25) is 0 Å². The van der Waals surface area contributed by atoms with Gasteiger partial charge in [-0.1, -0.05) is 6.92 Å². The molecule has 0 bridgehead atoms. The summed E-state index contributed by atoms with van der Waals surface area (Å²) in [4.78, 5) is 4.52. The van der Waals surface area contributed by atoms with Gasteiger partial charge in [-0.2, -0.15) is 0 Å². The molecule has 110 valence electrons. The number of hydrogen-bond donors (Lipinski definition) is 0. The van der Waals surface area contributed by atoms with Crippen molar-refractivity contribution in [2.24, 2.45) is 5.92 Å². The average Bonchev–Trinajstić information content (AvgIpc) is 2.69. The van der Waals surface area contributed by atoms with E-state index in [1.165, 1.54) is 6.07 Å². The molecule has 1 heterocycles. The molecule has 0 fully saturated rings.